The maximum absolute atomic E-state index is 13.2. The lowest BCUT2D eigenvalue weighted by molar-refractivity contribution is -0.141. The highest BCUT2D eigenvalue weighted by Gasteiger charge is 2.29. The van der Waals surface area contributed by atoms with Crippen molar-refractivity contribution < 1.29 is 28.9 Å². The number of anilines is 1. The van der Waals surface area contributed by atoms with Crippen LogP contribution in [0, 0.1) is 0 Å². The lowest BCUT2D eigenvalue weighted by Gasteiger charge is -2.27. The summed E-state index contributed by atoms with van der Waals surface area (Å²) in [6, 6.07) is 23.9. The molecule has 186 valence electrons. The highest BCUT2D eigenvalue weighted by Crippen LogP contribution is 2.36. The summed E-state index contributed by atoms with van der Waals surface area (Å²) >= 11 is 3.92. The molecular formula is C28H27NO6S. The van der Waals surface area contributed by atoms with E-state index in [-0.39, 0.29) is 24.5 Å². The molecule has 4 rings (SSSR count). The van der Waals surface area contributed by atoms with E-state index in [1.54, 1.807) is 24.3 Å². The van der Waals surface area contributed by atoms with Crippen molar-refractivity contribution in [2.24, 2.45) is 0 Å². The van der Waals surface area contributed by atoms with E-state index in [1.807, 2.05) is 54.6 Å². The summed E-state index contributed by atoms with van der Waals surface area (Å²) in [4.78, 5) is 24.7. The van der Waals surface area contributed by atoms with Crippen LogP contribution >= 0.6 is 12.6 Å². The largest absolute Gasteiger partial charge is 0.507 e. The minimum absolute atomic E-state index is 0.0341. The zero-order valence-corrected chi connectivity index (χ0v) is 20.6. The topological polar surface area (TPSA) is 94.1 Å². The van der Waals surface area contributed by atoms with Gasteiger partial charge in [-0.2, -0.15) is 12.6 Å². The van der Waals surface area contributed by atoms with Crippen LogP contribution in [0.5, 0.6) is 5.75 Å². The van der Waals surface area contributed by atoms with Crippen LogP contribution in [0.15, 0.2) is 78.9 Å². The minimum Gasteiger partial charge on any atom is -0.507 e. The minimum atomic E-state index is -0.856. The van der Waals surface area contributed by atoms with Gasteiger partial charge < -0.3 is 19.3 Å². The Hall–Kier alpha value is -3.75. The number of ether oxygens (including phenoxy) is 3. The first-order chi connectivity index (χ1) is 17.5. The fourth-order valence-electron chi connectivity index (χ4n) is 4.21. The molecule has 4 aromatic rings. The summed E-state index contributed by atoms with van der Waals surface area (Å²) < 4.78 is 16.8. The molecule has 4 aromatic carbocycles. The van der Waals surface area contributed by atoms with E-state index < -0.39 is 24.3 Å². The average molecular weight is 506 g/mol. The lowest BCUT2D eigenvalue weighted by atomic mass is 9.95. The van der Waals surface area contributed by atoms with Crippen LogP contribution in [0.25, 0.3) is 21.5 Å². The zero-order valence-electron chi connectivity index (χ0n) is 19.7. The molecule has 0 unspecified atom stereocenters. The monoisotopic (exact) mass is 505 g/mol. The van der Waals surface area contributed by atoms with E-state index in [4.69, 9.17) is 14.2 Å². The van der Waals surface area contributed by atoms with Gasteiger partial charge in [-0.15, -0.1) is 0 Å². The van der Waals surface area contributed by atoms with Crippen molar-refractivity contribution in [2.75, 3.05) is 24.8 Å². The molecule has 0 bridgehead atoms. The summed E-state index contributed by atoms with van der Waals surface area (Å²) in [5.41, 5.74) is 1.27. The summed E-state index contributed by atoms with van der Waals surface area (Å²) in [5, 5.41) is 16.4. The van der Waals surface area contributed by atoms with Crippen molar-refractivity contribution >= 4 is 51.9 Å². The van der Waals surface area contributed by atoms with Gasteiger partial charge in [0.15, 0.2) is 6.10 Å². The van der Waals surface area contributed by atoms with E-state index in [1.165, 1.54) is 7.11 Å². The molecule has 0 aliphatic heterocycles. The van der Waals surface area contributed by atoms with Crippen LogP contribution < -0.4 is 5.32 Å². The number of phenolic OH excluding ortho intramolecular Hbond substituents is 1. The Morgan fingerprint density at radius 2 is 1.61 bits per heavy atom. The number of amides is 1. The average Bonchev–Trinajstić information content (AvgIpc) is 2.91. The first-order valence-corrected chi connectivity index (χ1v) is 12.1. The number of esters is 1. The third-order valence-corrected chi connectivity index (χ3v) is 6.19. The molecule has 0 radical (unpaired) electrons. The Balaban J connectivity index is 1.65. The number of hydrogen-bond donors (Lipinski definition) is 3. The highest BCUT2D eigenvalue weighted by molar-refractivity contribution is 7.81. The molecule has 0 saturated heterocycles. The number of fused-ring (bicyclic) bond motifs is 2. The number of rotatable bonds is 9. The quantitative estimate of drug-likeness (QED) is 0.195. The molecule has 0 spiro atoms. The number of aromatic hydroxyl groups is 1. The van der Waals surface area contributed by atoms with Crippen molar-refractivity contribution in [3.05, 3.63) is 84.4 Å². The third kappa shape index (κ3) is 5.72. The zero-order chi connectivity index (χ0) is 25.5. The van der Waals surface area contributed by atoms with Gasteiger partial charge in [-0.1, -0.05) is 66.7 Å². The molecule has 0 heterocycles. The van der Waals surface area contributed by atoms with Crippen LogP contribution in [0.2, 0.25) is 0 Å². The predicted octanol–water partition coefficient (Wildman–Crippen LogP) is 5.87. The molecule has 0 saturated carbocycles. The van der Waals surface area contributed by atoms with Crippen LogP contribution in [0.3, 0.4) is 0 Å². The molecule has 0 aliphatic carbocycles. The molecule has 36 heavy (non-hydrogen) atoms. The van der Waals surface area contributed by atoms with Gasteiger partial charge in [-0.25, -0.2) is 4.79 Å². The van der Waals surface area contributed by atoms with Crippen LogP contribution in [-0.4, -0.2) is 42.7 Å². The SMILES string of the molecule is CO[C@H](CCOC(=O)CS)[C@H](OC(=O)Nc1cccc2ccccc12)c1ccc(O)c2ccccc12. The van der Waals surface area contributed by atoms with Gasteiger partial charge in [0, 0.05) is 29.9 Å². The number of methoxy groups -OCH3 is 1. The van der Waals surface area contributed by atoms with E-state index in [9.17, 15) is 14.7 Å². The standard InChI is InChI=1S/C28H27NO6S/c1-33-25(15-16-34-26(31)17-36)27(22-13-14-24(30)21-11-5-4-10-20(21)22)35-28(32)29-23-12-6-8-18-7-2-3-9-19(18)23/h2-14,25,27,30,36H,15-17H2,1H3,(H,29,32)/t25-,27-/m1/s1. The Morgan fingerprint density at radius 1 is 0.917 bits per heavy atom. The fourth-order valence-corrected chi connectivity index (χ4v) is 4.30. The predicted molar refractivity (Wildman–Crippen MR) is 143 cm³/mol. The molecule has 0 aromatic heterocycles. The van der Waals surface area contributed by atoms with Gasteiger partial charge >= 0.3 is 12.1 Å². The van der Waals surface area contributed by atoms with Crippen LogP contribution in [0.1, 0.15) is 18.1 Å². The molecular weight excluding hydrogens is 478 g/mol. The van der Waals surface area contributed by atoms with Crippen LogP contribution in [-0.2, 0) is 19.0 Å². The van der Waals surface area contributed by atoms with E-state index in [2.05, 4.69) is 17.9 Å². The van der Waals surface area contributed by atoms with E-state index >= 15 is 0 Å². The Morgan fingerprint density at radius 3 is 2.36 bits per heavy atom. The number of phenols is 1. The lowest BCUT2D eigenvalue weighted by Crippen LogP contribution is -2.29. The van der Waals surface area contributed by atoms with Crippen molar-refractivity contribution in [3.8, 4) is 5.75 Å². The summed E-state index contributed by atoms with van der Waals surface area (Å²) in [5.74, 6) is -0.368. The van der Waals surface area contributed by atoms with Crippen molar-refractivity contribution in [2.45, 2.75) is 18.6 Å². The maximum atomic E-state index is 13.2. The molecule has 7 nitrogen and oxygen atoms in total. The number of benzene rings is 4. The normalized spacial score (nSPS) is 12.7. The Kier molecular flexibility index (Phi) is 8.30. The maximum Gasteiger partial charge on any atom is 0.412 e. The first kappa shape index (κ1) is 25.3. The molecule has 8 heteroatoms. The number of carbonyl (C=O) groups excluding carboxylic acids is 2. The number of carbonyl (C=O) groups is 2. The second-order valence-corrected chi connectivity index (χ2v) is 8.45. The Labute approximate surface area is 214 Å². The van der Waals surface area contributed by atoms with Crippen LogP contribution in [0.4, 0.5) is 10.5 Å². The van der Waals surface area contributed by atoms with Gasteiger partial charge in [0.25, 0.3) is 0 Å². The molecule has 0 aliphatic rings. The van der Waals surface area contributed by atoms with Gasteiger partial charge in [-0.3, -0.25) is 10.1 Å². The number of thiol groups is 1. The number of nitrogens with one attached hydrogen (secondary N) is 1. The second kappa shape index (κ2) is 11.8. The van der Waals surface area contributed by atoms with Gasteiger partial charge in [0.2, 0.25) is 0 Å². The third-order valence-electron chi connectivity index (χ3n) is 5.94. The molecule has 2 N–H and O–H groups in total. The molecule has 2 atom stereocenters. The van der Waals surface area contributed by atoms with Gasteiger partial charge in [0.05, 0.1) is 18.0 Å². The smallest absolute Gasteiger partial charge is 0.412 e. The highest BCUT2D eigenvalue weighted by atomic mass is 32.1. The summed E-state index contributed by atoms with van der Waals surface area (Å²) in [6.07, 6.45) is -1.88. The fraction of sp³-hybridized carbons (Fsp3) is 0.214. The Bertz CT molecular complexity index is 1370. The molecule has 1 amide bonds. The summed E-state index contributed by atoms with van der Waals surface area (Å²) in [6.45, 7) is 0.0682. The van der Waals surface area contributed by atoms with Gasteiger partial charge in [-0.05, 0) is 22.9 Å². The number of hydrogen-bond acceptors (Lipinski definition) is 7. The van der Waals surface area contributed by atoms with E-state index in [0.29, 0.717) is 16.6 Å². The van der Waals surface area contributed by atoms with E-state index in [0.717, 1.165) is 16.2 Å². The van der Waals surface area contributed by atoms with Crippen molar-refractivity contribution in [3.63, 3.8) is 0 Å². The second-order valence-electron chi connectivity index (χ2n) is 8.14. The molecule has 0 fully saturated rings. The van der Waals surface area contributed by atoms with Crippen molar-refractivity contribution in [1.29, 1.82) is 0 Å². The van der Waals surface area contributed by atoms with Gasteiger partial charge in [0.1, 0.15) is 11.9 Å². The summed E-state index contributed by atoms with van der Waals surface area (Å²) in [7, 11) is 1.51. The first-order valence-electron chi connectivity index (χ1n) is 11.5. The van der Waals surface area contributed by atoms with Crippen molar-refractivity contribution in [1.82, 2.24) is 0 Å².